The molecule has 1 aromatic carbocycles. The summed E-state index contributed by atoms with van der Waals surface area (Å²) in [5.41, 5.74) is 0. The smallest absolute Gasteiger partial charge is 0.260 e. The maximum atomic E-state index is 12.6. The van der Waals surface area contributed by atoms with Crippen LogP contribution < -0.4 is 9.47 Å². The van der Waals surface area contributed by atoms with Crippen LogP contribution in [0.5, 0.6) is 11.5 Å². The molecule has 6 nitrogen and oxygen atoms in total. The lowest BCUT2D eigenvalue weighted by molar-refractivity contribution is -0.139. The van der Waals surface area contributed by atoms with Gasteiger partial charge in [-0.15, -0.1) is 0 Å². The molecular weight excluding hydrogens is 320 g/mol. The first-order chi connectivity index (χ1) is 12.1. The van der Waals surface area contributed by atoms with Gasteiger partial charge in [-0.3, -0.25) is 9.59 Å². The second-order valence-corrected chi connectivity index (χ2v) is 6.73. The summed E-state index contributed by atoms with van der Waals surface area (Å²) in [5.74, 6) is 1.38. The summed E-state index contributed by atoms with van der Waals surface area (Å²) in [5, 5.41) is 0. The Bertz CT molecular complexity index is 634. The van der Waals surface area contributed by atoms with Crippen molar-refractivity contribution < 1.29 is 19.1 Å². The molecular formula is C19H26N2O4. The van der Waals surface area contributed by atoms with Crippen LogP contribution in [0.2, 0.25) is 0 Å². The second-order valence-electron chi connectivity index (χ2n) is 6.73. The normalized spacial score (nSPS) is 22.7. The van der Waals surface area contributed by atoms with Crippen LogP contribution in [0.1, 0.15) is 26.2 Å². The van der Waals surface area contributed by atoms with Crippen LogP contribution in [-0.2, 0) is 9.59 Å². The van der Waals surface area contributed by atoms with E-state index in [1.54, 1.807) is 24.1 Å². The number of rotatable bonds is 6. The fourth-order valence-electron chi connectivity index (χ4n) is 3.71. The molecule has 3 fully saturated rings. The highest BCUT2D eigenvalue weighted by atomic mass is 16.5. The molecule has 2 atom stereocenters. The number of methoxy groups -OCH3 is 1. The molecule has 3 aliphatic rings. The van der Waals surface area contributed by atoms with E-state index in [2.05, 4.69) is 6.92 Å². The van der Waals surface area contributed by atoms with Gasteiger partial charge in [0.25, 0.3) is 5.91 Å². The third kappa shape index (κ3) is 3.89. The van der Waals surface area contributed by atoms with Gasteiger partial charge >= 0.3 is 0 Å². The van der Waals surface area contributed by atoms with Crippen molar-refractivity contribution in [1.82, 2.24) is 9.80 Å². The Morgan fingerprint density at radius 2 is 2.04 bits per heavy atom. The number of fused-ring (bicyclic) bond motifs is 4. The first-order valence-corrected chi connectivity index (χ1v) is 8.97. The number of carbonyl (C=O) groups is 2. The van der Waals surface area contributed by atoms with E-state index in [0.717, 1.165) is 25.8 Å². The minimum atomic E-state index is -0.0640. The predicted octanol–water partition coefficient (Wildman–Crippen LogP) is 1.93. The van der Waals surface area contributed by atoms with Crippen LogP contribution in [0.4, 0.5) is 0 Å². The van der Waals surface area contributed by atoms with E-state index < -0.39 is 0 Å². The summed E-state index contributed by atoms with van der Waals surface area (Å²) < 4.78 is 10.8. The summed E-state index contributed by atoms with van der Waals surface area (Å²) in [4.78, 5) is 28.9. The minimum Gasteiger partial charge on any atom is -0.497 e. The largest absolute Gasteiger partial charge is 0.497 e. The van der Waals surface area contributed by atoms with Crippen molar-refractivity contribution in [2.24, 2.45) is 5.92 Å². The molecule has 0 unspecified atom stereocenters. The first-order valence-electron chi connectivity index (χ1n) is 8.97. The van der Waals surface area contributed by atoms with Gasteiger partial charge in [0.05, 0.1) is 13.0 Å². The van der Waals surface area contributed by atoms with Crippen molar-refractivity contribution in [3.63, 3.8) is 0 Å². The highest BCUT2D eigenvalue weighted by molar-refractivity contribution is 5.83. The molecule has 1 aromatic rings. The number of ether oxygens (including phenoxy) is 2. The molecule has 0 spiro atoms. The van der Waals surface area contributed by atoms with Crippen molar-refractivity contribution in [2.75, 3.05) is 33.4 Å². The predicted molar refractivity (Wildman–Crippen MR) is 93.6 cm³/mol. The van der Waals surface area contributed by atoms with E-state index in [-0.39, 0.29) is 30.4 Å². The quantitative estimate of drug-likeness (QED) is 0.790. The van der Waals surface area contributed by atoms with Gasteiger partial charge < -0.3 is 19.3 Å². The fraction of sp³-hybridized carbons (Fsp3) is 0.579. The van der Waals surface area contributed by atoms with Crippen LogP contribution in [0.25, 0.3) is 0 Å². The summed E-state index contributed by atoms with van der Waals surface area (Å²) in [6.07, 6.45) is 2.81. The van der Waals surface area contributed by atoms with Gasteiger partial charge in [-0.2, -0.15) is 0 Å². The molecule has 0 N–H and O–H groups in total. The maximum Gasteiger partial charge on any atom is 0.260 e. The van der Waals surface area contributed by atoms with Crippen molar-refractivity contribution >= 4 is 11.8 Å². The molecule has 6 heteroatoms. The van der Waals surface area contributed by atoms with Crippen molar-refractivity contribution in [1.29, 1.82) is 0 Å². The van der Waals surface area contributed by atoms with Crippen LogP contribution in [0.15, 0.2) is 24.3 Å². The van der Waals surface area contributed by atoms with Crippen LogP contribution in [0.3, 0.4) is 0 Å². The molecule has 0 aromatic heterocycles. The summed E-state index contributed by atoms with van der Waals surface area (Å²) >= 11 is 0. The third-order valence-corrected chi connectivity index (χ3v) is 5.01. The molecule has 25 heavy (non-hydrogen) atoms. The number of hydrogen-bond donors (Lipinski definition) is 0. The molecule has 0 aliphatic carbocycles. The Hall–Kier alpha value is -2.24. The Kier molecular flexibility index (Phi) is 5.46. The fourth-order valence-corrected chi connectivity index (χ4v) is 3.71. The van der Waals surface area contributed by atoms with E-state index in [1.807, 2.05) is 17.0 Å². The lowest BCUT2D eigenvalue weighted by atomic mass is 9.94. The molecule has 2 bridgehead atoms. The number of benzene rings is 1. The Morgan fingerprint density at radius 3 is 2.80 bits per heavy atom. The molecule has 0 saturated carbocycles. The summed E-state index contributed by atoms with van der Waals surface area (Å²) in [6.45, 7) is 3.96. The Labute approximate surface area is 148 Å². The van der Waals surface area contributed by atoms with E-state index in [4.69, 9.17) is 9.47 Å². The zero-order valence-corrected chi connectivity index (χ0v) is 14.9. The third-order valence-electron chi connectivity index (χ3n) is 5.01. The highest BCUT2D eigenvalue weighted by Gasteiger charge is 2.41. The van der Waals surface area contributed by atoms with E-state index in [1.165, 1.54) is 0 Å². The molecule has 136 valence electrons. The number of hydrogen-bond acceptors (Lipinski definition) is 4. The van der Waals surface area contributed by atoms with Crippen molar-refractivity contribution in [2.45, 2.75) is 32.2 Å². The van der Waals surface area contributed by atoms with Gasteiger partial charge in [0.1, 0.15) is 11.5 Å². The maximum absolute atomic E-state index is 12.6. The van der Waals surface area contributed by atoms with E-state index in [9.17, 15) is 9.59 Å². The second kappa shape index (κ2) is 7.76. The van der Waals surface area contributed by atoms with Crippen molar-refractivity contribution in [3.8, 4) is 11.5 Å². The number of nitrogens with zero attached hydrogens (tertiary/aromatic N) is 2. The van der Waals surface area contributed by atoms with Gasteiger partial charge in [0.2, 0.25) is 5.91 Å². The lowest BCUT2D eigenvalue weighted by Crippen LogP contribution is -2.48. The first kappa shape index (κ1) is 17.6. The summed E-state index contributed by atoms with van der Waals surface area (Å²) in [7, 11) is 1.59. The average molecular weight is 346 g/mol. The monoisotopic (exact) mass is 346 g/mol. The molecule has 2 amide bonds. The van der Waals surface area contributed by atoms with Crippen LogP contribution in [0, 0.1) is 5.92 Å². The topological polar surface area (TPSA) is 59.1 Å². The molecule has 0 radical (unpaired) electrons. The number of amides is 2. The summed E-state index contributed by atoms with van der Waals surface area (Å²) in [6, 6.07) is 7.36. The zero-order valence-electron chi connectivity index (χ0n) is 14.9. The van der Waals surface area contributed by atoms with Crippen LogP contribution >= 0.6 is 0 Å². The number of carbonyl (C=O) groups excluding carboxylic acids is 2. The average Bonchev–Trinajstić information content (AvgIpc) is 2.93. The zero-order chi connectivity index (χ0) is 17.8. The van der Waals surface area contributed by atoms with Gasteiger partial charge in [0.15, 0.2) is 6.61 Å². The van der Waals surface area contributed by atoms with E-state index >= 15 is 0 Å². The van der Waals surface area contributed by atoms with Gasteiger partial charge in [0, 0.05) is 31.7 Å². The minimum absolute atomic E-state index is 0.0193. The van der Waals surface area contributed by atoms with Gasteiger partial charge in [-0.05, 0) is 31.4 Å². The van der Waals surface area contributed by atoms with Gasteiger partial charge in [-0.1, -0.05) is 13.0 Å². The van der Waals surface area contributed by atoms with Gasteiger partial charge in [-0.25, -0.2) is 0 Å². The molecule has 3 heterocycles. The van der Waals surface area contributed by atoms with Crippen molar-refractivity contribution in [3.05, 3.63) is 24.3 Å². The molecule has 4 rings (SSSR count). The SMILES string of the molecule is CCCN1C(=O)[C@@H]2CC[C@H]1CN(C(=O)COc1cccc(OC)c1)C2. The standard InChI is InChI=1S/C19H26N2O4/c1-3-9-21-15-8-7-14(19(21)23)11-20(12-15)18(22)13-25-17-6-4-5-16(10-17)24-2/h4-6,10,14-15H,3,7-9,11-13H2,1-2H3/t14-,15+/m1/s1. The Morgan fingerprint density at radius 1 is 1.24 bits per heavy atom. The van der Waals surface area contributed by atoms with Crippen LogP contribution in [-0.4, -0.2) is 61.0 Å². The number of piperidine rings is 1. The highest BCUT2D eigenvalue weighted by Crippen LogP contribution is 2.29. The molecule has 3 aliphatic heterocycles. The lowest BCUT2D eigenvalue weighted by Gasteiger charge is -2.35. The van der Waals surface area contributed by atoms with E-state index in [0.29, 0.717) is 24.6 Å². The Balaban J connectivity index is 1.62. The molecule has 3 saturated heterocycles.